The summed E-state index contributed by atoms with van der Waals surface area (Å²) in [6.07, 6.45) is 0. The number of aliphatic hydroxyl groups is 1. The molecule has 0 aliphatic carbocycles. The molecule has 0 saturated heterocycles. The number of likely N-dealkylation sites (N-methyl/N-ethyl adjacent to an activating group) is 1. The van der Waals surface area contributed by atoms with Crippen LogP contribution in [0.3, 0.4) is 0 Å². The molecule has 1 aromatic rings. The summed E-state index contributed by atoms with van der Waals surface area (Å²) in [6, 6.07) is 4.74. The van der Waals surface area contributed by atoms with Crippen molar-refractivity contribution in [2.45, 2.75) is 13.0 Å². The van der Waals surface area contributed by atoms with Crippen molar-refractivity contribution in [3.8, 4) is 0 Å². The van der Waals surface area contributed by atoms with Crippen LogP contribution in [0.4, 0.5) is 4.39 Å². The zero-order chi connectivity index (χ0) is 12.8. The lowest BCUT2D eigenvalue weighted by atomic mass is 10.0. The van der Waals surface area contributed by atoms with E-state index >= 15 is 0 Å². The zero-order valence-electron chi connectivity index (χ0n) is 9.64. The Morgan fingerprint density at radius 3 is 2.59 bits per heavy atom. The van der Waals surface area contributed by atoms with Gasteiger partial charge in [0.1, 0.15) is 11.9 Å². The van der Waals surface area contributed by atoms with E-state index in [-0.39, 0.29) is 18.7 Å². The van der Waals surface area contributed by atoms with E-state index in [9.17, 15) is 14.3 Å². The number of hydrogen-bond acceptors (Lipinski definition) is 3. The third-order valence-electron chi connectivity index (χ3n) is 2.59. The minimum absolute atomic E-state index is 0.121. The fourth-order valence-corrected chi connectivity index (χ4v) is 1.78. The Morgan fingerprint density at radius 2 is 2.12 bits per heavy atom. The molecule has 4 nitrogen and oxygen atoms in total. The van der Waals surface area contributed by atoms with Crippen LogP contribution in [0.15, 0.2) is 24.3 Å². The molecular formula is C12H16FNO3. The second-order valence-electron chi connectivity index (χ2n) is 3.61. The van der Waals surface area contributed by atoms with E-state index in [1.807, 2.05) is 0 Å². The lowest BCUT2D eigenvalue weighted by Crippen LogP contribution is -2.36. The maximum atomic E-state index is 13.6. The van der Waals surface area contributed by atoms with Crippen LogP contribution in [0.2, 0.25) is 0 Å². The fourth-order valence-electron chi connectivity index (χ4n) is 1.78. The van der Waals surface area contributed by atoms with Crippen molar-refractivity contribution in [2.24, 2.45) is 0 Å². The summed E-state index contributed by atoms with van der Waals surface area (Å²) in [5, 5.41) is 18.1. The summed E-state index contributed by atoms with van der Waals surface area (Å²) in [7, 11) is 0. The minimum Gasteiger partial charge on any atom is -0.480 e. The molecule has 1 rings (SSSR count). The molecule has 0 radical (unpaired) electrons. The Kier molecular flexibility index (Phi) is 5.06. The van der Waals surface area contributed by atoms with Gasteiger partial charge in [-0.05, 0) is 12.6 Å². The summed E-state index contributed by atoms with van der Waals surface area (Å²) in [4.78, 5) is 12.8. The summed E-state index contributed by atoms with van der Waals surface area (Å²) >= 11 is 0. The molecule has 1 aromatic carbocycles. The van der Waals surface area contributed by atoms with Gasteiger partial charge in [0.15, 0.2) is 0 Å². The third-order valence-corrected chi connectivity index (χ3v) is 2.59. The first kappa shape index (κ1) is 13.6. The number of benzene rings is 1. The van der Waals surface area contributed by atoms with E-state index in [0.29, 0.717) is 6.54 Å². The van der Waals surface area contributed by atoms with Gasteiger partial charge in [-0.2, -0.15) is 0 Å². The van der Waals surface area contributed by atoms with Crippen molar-refractivity contribution in [3.63, 3.8) is 0 Å². The van der Waals surface area contributed by atoms with Gasteiger partial charge in [-0.1, -0.05) is 25.1 Å². The average Bonchev–Trinajstić information content (AvgIpc) is 2.30. The molecule has 0 aromatic heterocycles. The van der Waals surface area contributed by atoms with Crippen LogP contribution in [0.1, 0.15) is 18.5 Å². The van der Waals surface area contributed by atoms with Crippen molar-refractivity contribution in [1.82, 2.24) is 4.90 Å². The maximum Gasteiger partial charge on any atom is 0.325 e. The van der Waals surface area contributed by atoms with E-state index in [2.05, 4.69) is 0 Å². The van der Waals surface area contributed by atoms with Gasteiger partial charge in [0.2, 0.25) is 0 Å². The molecule has 0 aliphatic rings. The average molecular weight is 241 g/mol. The molecule has 17 heavy (non-hydrogen) atoms. The van der Waals surface area contributed by atoms with Gasteiger partial charge < -0.3 is 10.2 Å². The first-order chi connectivity index (χ1) is 8.11. The van der Waals surface area contributed by atoms with Crippen molar-refractivity contribution < 1.29 is 19.4 Å². The predicted octanol–water partition coefficient (Wildman–Crippen LogP) is 1.27. The van der Waals surface area contributed by atoms with E-state index in [4.69, 9.17) is 5.11 Å². The van der Waals surface area contributed by atoms with Crippen LogP contribution >= 0.6 is 0 Å². The highest BCUT2D eigenvalue weighted by atomic mass is 19.1. The van der Waals surface area contributed by atoms with E-state index in [0.717, 1.165) is 0 Å². The fraction of sp³-hybridized carbons (Fsp3) is 0.417. The number of nitrogens with zero attached hydrogens (tertiary/aromatic N) is 1. The van der Waals surface area contributed by atoms with E-state index in [1.165, 1.54) is 23.1 Å². The quantitative estimate of drug-likeness (QED) is 0.787. The monoisotopic (exact) mass is 241 g/mol. The summed E-state index contributed by atoms with van der Waals surface area (Å²) < 4.78 is 13.6. The highest BCUT2D eigenvalue weighted by Crippen LogP contribution is 2.23. The van der Waals surface area contributed by atoms with E-state index < -0.39 is 17.8 Å². The Hall–Kier alpha value is -1.46. The van der Waals surface area contributed by atoms with Crippen molar-refractivity contribution >= 4 is 5.97 Å². The maximum absolute atomic E-state index is 13.6. The van der Waals surface area contributed by atoms with Gasteiger partial charge in [-0.25, -0.2) is 4.39 Å². The number of carbonyl (C=O) groups is 1. The highest BCUT2D eigenvalue weighted by Gasteiger charge is 2.28. The molecular weight excluding hydrogens is 225 g/mol. The van der Waals surface area contributed by atoms with Gasteiger partial charge in [-0.15, -0.1) is 0 Å². The van der Waals surface area contributed by atoms with Crippen LogP contribution in [0.5, 0.6) is 0 Å². The molecule has 0 saturated carbocycles. The highest BCUT2D eigenvalue weighted by molar-refractivity contribution is 5.75. The topological polar surface area (TPSA) is 60.8 Å². The van der Waals surface area contributed by atoms with Crippen molar-refractivity contribution in [3.05, 3.63) is 35.6 Å². The molecule has 2 N–H and O–H groups in total. The zero-order valence-corrected chi connectivity index (χ0v) is 9.64. The lowest BCUT2D eigenvalue weighted by molar-refractivity contribution is -0.143. The lowest BCUT2D eigenvalue weighted by Gasteiger charge is -2.27. The van der Waals surface area contributed by atoms with Crippen LogP contribution < -0.4 is 0 Å². The van der Waals surface area contributed by atoms with Crippen LogP contribution in [0, 0.1) is 5.82 Å². The number of aliphatic hydroxyl groups excluding tert-OH is 1. The summed E-state index contributed by atoms with van der Waals surface area (Å²) in [5.41, 5.74) is 0.121. The molecule has 0 bridgehead atoms. The van der Waals surface area contributed by atoms with Crippen molar-refractivity contribution in [2.75, 3.05) is 19.7 Å². The van der Waals surface area contributed by atoms with Crippen LogP contribution in [-0.2, 0) is 4.79 Å². The van der Waals surface area contributed by atoms with Gasteiger partial charge in [0.05, 0.1) is 6.61 Å². The molecule has 94 valence electrons. The number of carboxylic acid groups (broad SMARTS) is 1. The van der Waals surface area contributed by atoms with E-state index in [1.54, 1.807) is 13.0 Å². The first-order valence-electron chi connectivity index (χ1n) is 5.44. The molecule has 5 heteroatoms. The molecule has 0 amide bonds. The van der Waals surface area contributed by atoms with Crippen LogP contribution in [0.25, 0.3) is 0 Å². The standard InChI is InChI=1S/C12H16FNO3/c1-2-14(7-8-15)11(12(16)17)9-5-3-4-6-10(9)13/h3-6,11,15H,2,7-8H2,1H3,(H,16,17). The number of rotatable bonds is 6. The molecule has 0 heterocycles. The second kappa shape index (κ2) is 6.32. The second-order valence-corrected chi connectivity index (χ2v) is 3.61. The Morgan fingerprint density at radius 1 is 1.47 bits per heavy atom. The largest absolute Gasteiger partial charge is 0.480 e. The molecule has 0 aliphatic heterocycles. The number of carboxylic acids is 1. The SMILES string of the molecule is CCN(CCO)C(C(=O)O)c1ccccc1F. The summed E-state index contributed by atoms with van der Waals surface area (Å²) in [5.74, 6) is -1.67. The van der Waals surface area contributed by atoms with Gasteiger partial charge >= 0.3 is 5.97 Å². The van der Waals surface area contributed by atoms with Crippen LogP contribution in [-0.4, -0.2) is 40.8 Å². The number of halogens is 1. The minimum atomic E-state index is -1.12. The van der Waals surface area contributed by atoms with Gasteiger partial charge in [0.25, 0.3) is 0 Å². The molecule has 0 spiro atoms. The van der Waals surface area contributed by atoms with Crippen molar-refractivity contribution in [1.29, 1.82) is 0 Å². The Balaban J connectivity index is 3.08. The molecule has 1 unspecified atom stereocenters. The Labute approximate surface area is 99.3 Å². The molecule has 0 fully saturated rings. The number of aliphatic carboxylic acids is 1. The Bertz CT molecular complexity index is 384. The first-order valence-corrected chi connectivity index (χ1v) is 5.44. The third kappa shape index (κ3) is 3.25. The number of hydrogen-bond donors (Lipinski definition) is 2. The normalized spacial score (nSPS) is 12.7. The van der Waals surface area contributed by atoms with Gasteiger partial charge in [0, 0.05) is 12.1 Å². The molecule has 1 atom stereocenters. The summed E-state index contributed by atoms with van der Waals surface area (Å²) in [6.45, 7) is 2.23. The predicted molar refractivity (Wildman–Crippen MR) is 61.1 cm³/mol. The van der Waals surface area contributed by atoms with Gasteiger partial charge in [-0.3, -0.25) is 9.69 Å². The smallest absolute Gasteiger partial charge is 0.325 e.